The van der Waals surface area contributed by atoms with E-state index in [-0.39, 0.29) is 19.1 Å². The lowest BCUT2D eigenvalue weighted by molar-refractivity contribution is -0.159. The summed E-state index contributed by atoms with van der Waals surface area (Å²) in [7, 11) is 0. The first-order chi connectivity index (χ1) is 15.5. The molecule has 0 unspecified atom stereocenters. The number of ether oxygens (including phenoxy) is 1. The fourth-order valence-electron chi connectivity index (χ4n) is 2.51. The van der Waals surface area contributed by atoms with Crippen molar-refractivity contribution in [3.8, 4) is 11.1 Å². The number of carboxylic acid groups (broad SMARTS) is 2. The molecule has 0 bridgehead atoms. The summed E-state index contributed by atoms with van der Waals surface area (Å²) in [5.74, 6) is -3.93. The van der Waals surface area contributed by atoms with Crippen molar-refractivity contribution in [3.63, 3.8) is 0 Å². The van der Waals surface area contributed by atoms with Gasteiger partial charge in [-0.15, -0.1) is 11.3 Å². The van der Waals surface area contributed by atoms with E-state index in [2.05, 4.69) is 24.5 Å². The number of aliphatic carboxylic acids is 2. The van der Waals surface area contributed by atoms with Crippen molar-refractivity contribution >= 4 is 51.8 Å². The number of thiophene rings is 1. The van der Waals surface area contributed by atoms with Gasteiger partial charge in [0.25, 0.3) is 0 Å². The molecule has 1 aromatic carbocycles. The summed E-state index contributed by atoms with van der Waals surface area (Å²) in [5.41, 5.74) is 2.80. The summed E-state index contributed by atoms with van der Waals surface area (Å²) in [4.78, 5) is 43.0. The van der Waals surface area contributed by atoms with Gasteiger partial charge in [0.15, 0.2) is 0 Å². The Morgan fingerprint density at radius 1 is 1.09 bits per heavy atom. The normalized spacial score (nSPS) is 10.2. The van der Waals surface area contributed by atoms with Crippen LogP contribution < -0.4 is 10.6 Å². The van der Waals surface area contributed by atoms with Gasteiger partial charge in [-0.2, -0.15) is 0 Å². The molecule has 0 saturated carbocycles. The second-order valence-electron chi connectivity index (χ2n) is 7.22. The molecule has 0 aliphatic rings. The number of aryl methyl sites for hydroxylation is 1. The summed E-state index contributed by atoms with van der Waals surface area (Å²) in [6.45, 7) is 9.00. The molecule has 180 valence electrons. The standard InChI is InChI=1S/C20H25ClN2O3S.C2H2O4/c1-5-26-20(25)17-16(14-8-6-13(4)7-9-14)18(21)27-19(17)23-15(24)11-22-10-12(2)3;3-1(4)2(5)6/h6-9,12,22H,5,10-11H2,1-4H3,(H,23,24);(H,3,4)(H,5,6). The Morgan fingerprint density at radius 3 is 2.15 bits per heavy atom. The Morgan fingerprint density at radius 2 is 1.67 bits per heavy atom. The number of rotatable bonds is 8. The second kappa shape index (κ2) is 13.6. The number of benzene rings is 1. The first kappa shape index (κ1) is 28.1. The van der Waals surface area contributed by atoms with Gasteiger partial charge >= 0.3 is 17.9 Å². The van der Waals surface area contributed by atoms with Gasteiger partial charge < -0.3 is 25.6 Å². The molecular weight excluding hydrogens is 472 g/mol. The Hall–Kier alpha value is -2.95. The molecule has 0 radical (unpaired) electrons. The number of carbonyl (C=O) groups excluding carboxylic acids is 2. The Labute approximate surface area is 200 Å². The fourth-order valence-corrected chi connectivity index (χ4v) is 3.90. The largest absolute Gasteiger partial charge is 0.473 e. The van der Waals surface area contributed by atoms with Crippen molar-refractivity contribution in [3.05, 3.63) is 39.7 Å². The van der Waals surface area contributed by atoms with E-state index in [9.17, 15) is 9.59 Å². The highest BCUT2D eigenvalue weighted by atomic mass is 35.5. The molecule has 2 aromatic rings. The summed E-state index contributed by atoms with van der Waals surface area (Å²) >= 11 is 7.61. The monoisotopic (exact) mass is 498 g/mol. The lowest BCUT2D eigenvalue weighted by Crippen LogP contribution is -2.30. The van der Waals surface area contributed by atoms with Crippen molar-refractivity contribution in [2.24, 2.45) is 5.92 Å². The smallest absolute Gasteiger partial charge is 0.414 e. The number of carbonyl (C=O) groups is 4. The molecule has 2 rings (SSSR count). The van der Waals surface area contributed by atoms with Gasteiger partial charge in [0.05, 0.1) is 13.2 Å². The van der Waals surface area contributed by atoms with Crippen LogP contribution in [0.5, 0.6) is 0 Å². The minimum atomic E-state index is -1.82. The molecule has 4 N–H and O–H groups in total. The molecule has 33 heavy (non-hydrogen) atoms. The molecule has 9 nitrogen and oxygen atoms in total. The molecule has 0 aliphatic carbocycles. The molecule has 0 aliphatic heterocycles. The van der Waals surface area contributed by atoms with Gasteiger partial charge in [-0.05, 0) is 31.9 Å². The number of esters is 1. The molecule has 1 aromatic heterocycles. The number of hydrogen-bond acceptors (Lipinski definition) is 7. The predicted molar refractivity (Wildman–Crippen MR) is 127 cm³/mol. The van der Waals surface area contributed by atoms with E-state index in [0.717, 1.165) is 17.7 Å². The lowest BCUT2D eigenvalue weighted by atomic mass is 10.0. The van der Waals surface area contributed by atoms with E-state index in [1.165, 1.54) is 11.3 Å². The van der Waals surface area contributed by atoms with E-state index in [4.69, 9.17) is 36.1 Å². The van der Waals surface area contributed by atoms with E-state index >= 15 is 0 Å². The number of anilines is 1. The van der Waals surface area contributed by atoms with Crippen LogP contribution in [0.15, 0.2) is 24.3 Å². The SMILES string of the molecule is CCOC(=O)c1c(NC(=O)CNCC(C)C)sc(Cl)c1-c1ccc(C)cc1.O=C(O)C(=O)O. The highest BCUT2D eigenvalue weighted by Crippen LogP contribution is 2.44. The third-order valence-electron chi connectivity index (χ3n) is 3.96. The highest BCUT2D eigenvalue weighted by molar-refractivity contribution is 7.21. The quantitative estimate of drug-likeness (QED) is 0.317. The number of halogens is 1. The van der Waals surface area contributed by atoms with Crippen LogP contribution in [0.2, 0.25) is 4.34 Å². The number of amides is 1. The topological polar surface area (TPSA) is 142 Å². The van der Waals surface area contributed by atoms with Crippen LogP contribution in [0, 0.1) is 12.8 Å². The van der Waals surface area contributed by atoms with Crippen LogP contribution in [-0.2, 0) is 19.1 Å². The first-order valence-electron chi connectivity index (χ1n) is 10.0. The van der Waals surface area contributed by atoms with Crippen LogP contribution in [-0.4, -0.2) is 53.7 Å². The van der Waals surface area contributed by atoms with Crippen molar-refractivity contribution in [2.45, 2.75) is 27.7 Å². The van der Waals surface area contributed by atoms with E-state index in [1.54, 1.807) is 6.92 Å². The minimum Gasteiger partial charge on any atom is -0.473 e. The van der Waals surface area contributed by atoms with Crippen molar-refractivity contribution < 1.29 is 34.1 Å². The summed E-state index contributed by atoms with van der Waals surface area (Å²) in [5, 5.41) is 21.1. The fraction of sp³-hybridized carbons (Fsp3) is 0.364. The summed E-state index contributed by atoms with van der Waals surface area (Å²) < 4.78 is 5.64. The maximum atomic E-state index is 12.6. The number of nitrogens with one attached hydrogen (secondary N) is 2. The van der Waals surface area contributed by atoms with Crippen molar-refractivity contribution in [1.82, 2.24) is 5.32 Å². The third-order valence-corrected chi connectivity index (χ3v) is 5.27. The molecule has 0 spiro atoms. The molecular formula is C22H27ClN2O7S. The average molecular weight is 499 g/mol. The minimum absolute atomic E-state index is 0.163. The van der Waals surface area contributed by atoms with E-state index in [1.807, 2.05) is 31.2 Å². The average Bonchev–Trinajstić information content (AvgIpc) is 3.04. The zero-order valence-electron chi connectivity index (χ0n) is 18.7. The number of carboxylic acids is 2. The zero-order valence-corrected chi connectivity index (χ0v) is 20.3. The van der Waals surface area contributed by atoms with Gasteiger partial charge in [0.2, 0.25) is 5.91 Å². The molecule has 0 atom stereocenters. The maximum absolute atomic E-state index is 12.6. The molecule has 11 heteroatoms. The highest BCUT2D eigenvalue weighted by Gasteiger charge is 2.26. The Kier molecular flexibility index (Phi) is 11.5. The maximum Gasteiger partial charge on any atom is 0.414 e. The van der Waals surface area contributed by atoms with Gasteiger partial charge in [0.1, 0.15) is 14.9 Å². The van der Waals surface area contributed by atoms with Crippen molar-refractivity contribution in [2.75, 3.05) is 25.0 Å². The van der Waals surface area contributed by atoms with Gasteiger partial charge in [-0.3, -0.25) is 4.79 Å². The third kappa shape index (κ3) is 9.21. The Bertz CT molecular complexity index is 975. The van der Waals surface area contributed by atoms with Gasteiger partial charge in [0, 0.05) is 5.56 Å². The molecule has 0 saturated heterocycles. The van der Waals surface area contributed by atoms with E-state index < -0.39 is 17.9 Å². The van der Waals surface area contributed by atoms with Gasteiger partial charge in [-0.25, -0.2) is 14.4 Å². The molecule has 0 fully saturated rings. The summed E-state index contributed by atoms with van der Waals surface area (Å²) in [6, 6.07) is 7.71. The van der Waals surface area contributed by atoms with Crippen LogP contribution >= 0.6 is 22.9 Å². The predicted octanol–water partition coefficient (Wildman–Crippen LogP) is 3.89. The Balaban J connectivity index is 0.000000801. The van der Waals surface area contributed by atoms with Crippen LogP contribution in [0.4, 0.5) is 5.00 Å². The van der Waals surface area contributed by atoms with E-state index in [0.29, 0.717) is 26.4 Å². The van der Waals surface area contributed by atoms with Crippen LogP contribution in [0.25, 0.3) is 11.1 Å². The van der Waals surface area contributed by atoms with Gasteiger partial charge in [-0.1, -0.05) is 55.3 Å². The van der Waals surface area contributed by atoms with Crippen LogP contribution in [0.1, 0.15) is 36.7 Å². The lowest BCUT2D eigenvalue weighted by Gasteiger charge is -2.10. The zero-order chi connectivity index (χ0) is 25.1. The molecule has 1 heterocycles. The number of hydrogen-bond donors (Lipinski definition) is 4. The summed E-state index contributed by atoms with van der Waals surface area (Å²) in [6.07, 6.45) is 0. The molecule has 1 amide bonds. The van der Waals surface area contributed by atoms with Crippen LogP contribution in [0.3, 0.4) is 0 Å². The second-order valence-corrected chi connectivity index (χ2v) is 8.85. The first-order valence-corrected chi connectivity index (χ1v) is 11.2. The van der Waals surface area contributed by atoms with Crippen molar-refractivity contribution in [1.29, 1.82) is 0 Å².